The molecule has 1 rings (SSSR count). The second kappa shape index (κ2) is 6.08. The molecule has 1 saturated carbocycles. The van der Waals surface area contributed by atoms with Gasteiger partial charge in [-0.15, -0.1) is 0 Å². The first-order chi connectivity index (χ1) is 7.13. The minimum atomic E-state index is -0.768. The van der Waals surface area contributed by atoms with E-state index in [0.29, 0.717) is 6.54 Å². The standard InChI is InChI=1S/C11H22N2O2/c1-12-10(11(14)15)8-13(2)7-9-5-3-4-6-9/h9-10,12H,3-8H2,1-2H3,(H,14,15). The maximum Gasteiger partial charge on any atom is 0.322 e. The Morgan fingerprint density at radius 1 is 1.53 bits per heavy atom. The van der Waals surface area contributed by atoms with Crippen molar-refractivity contribution in [1.29, 1.82) is 0 Å². The van der Waals surface area contributed by atoms with E-state index in [4.69, 9.17) is 5.11 Å². The Morgan fingerprint density at radius 3 is 2.60 bits per heavy atom. The Hall–Kier alpha value is -0.610. The van der Waals surface area contributed by atoms with E-state index in [1.54, 1.807) is 7.05 Å². The van der Waals surface area contributed by atoms with Gasteiger partial charge in [-0.1, -0.05) is 12.8 Å². The second-order valence-electron chi connectivity index (χ2n) is 4.55. The predicted octanol–water partition coefficient (Wildman–Crippen LogP) is 0.781. The van der Waals surface area contributed by atoms with E-state index in [0.717, 1.165) is 12.5 Å². The topological polar surface area (TPSA) is 52.6 Å². The van der Waals surface area contributed by atoms with Gasteiger partial charge in [-0.3, -0.25) is 4.79 Å². The highest BCUT2D eigenvalue weighted by molar-refractivity contribution is 5.73. The molecular weight excluding hydrogens is 192 g/mol. The van der Waals surface area contributed by atoms with Gasteiger partial charge >= 0.3 is 5.97 Å². The Labute approximate surface area is 91.6 Å². The average molecular weight is 214 g/mol. The fourth-order valence-electron chi connectivity index (χ4n) is 2.31. The maximum absolute atomic E-state index is 10.8. The SMILES string of the molecule is CNC(CN(C)CC1CCCC1)C(=O)O. The molecule has 1 aliphatic carbocycles. The number of aliphatic carboxylic acids is 1. The van der Waals surface area contributed by atoms with E-state index in [2.05, 4.69) is 10.2 Å². The number of hydrogen-bond donors (Lipinski definition) is 2. The fraction of sp³-hybridized carbons (Fsp3) is 0.909. The quantitative estimate of drug-likeness (QED) is 0.686. The summed E-state index contributed by atoms with van der Waals surface area (Å²) in [6.45, 7) is 1.62. The number of carboxylic acid groups (broad SMARTS) is 1. The van der Waals surface area contributed by atoms with Gasteiger partial charge in [0.1, 0.15) is 6.04 Å². The van der Waals surface area contributed by atoms with Crippen LogP contribution in [-0.2, 0) is 4.79 Å². The molecular formula is C11H22N2O2. The monoisotopic (exact) mass is 214 g/mol. The first-order valence-electron chi connectivity index (χ1n) is 5.72. The van der Waals surface area contributed by atoms with Crippen molar-refractivity contribution in [3.05, 3.63) is 0 Å². The molecule has 0 heterocycles. The van der Waals surface area contributed by atoms with Gasteiger partial charge in [0, 0.05) is 13.1 Å². The summed E-state index contributed by atoms with van der Waals surface area (Å²) in [7, 11) is 3.70. The minimum absolute atomic E-state index is 0.448. The zero-order chi connectivity index (χ0) is 11.3. The van der Waals surface area contributed by atoms with Crippen LogP contribution in [-0.4, -0.2) is 49.2 Å². The van der Waals surface area contributed by atoms with Crippen molar-refractivity contribution in [3.63, 3.8) is 0 Å². The van der Waals surface area contributed by atoms with E-state index >= 15 is 0 Å². The molecule has 88 valence electrons. The summed E-state index contributed by atoms with van der Waals surface area (Å²) in [5.74, 6) is 0.0112. The smallest absolute Gasteiger partial charge is 0.322 e. The molecule has 1 aliphatic rings. The van der Waals surface area contributed by atoms with Crippen molar-refractivity contribution in [2.75, 3.05) is 27.2 Å². The third kappa shape index (κ3) is 4.18. The third-order valence-electron chi connectivity index (χ3n) is 3.19. The molecule has 4 nitrogen and oxygen atoms in total. The minimum Gasteiger partial charge on any atom is -0.480 e. The average Bonchev–Trinajstić information content (AvgIpc) is 2.66. The number of nitrogens with zero attached hydrogens (tertiary/aromatic N) is 1. The lowest BCUT2D eigenvalue weighted by Gasteiger charge is -2.23. The highest BCUT2D eigenvalue weighted by Gasteiger charge is 2.21. The summed E-state index contributed by atoms with van der Waals surface area (Å²) in [6.07, 6.45) is 5.29. The Kier molecular flexibility index (Phi) is 5.05. The fourth-order valence-corrected chi connectivity index (χ4v) is 2.31. The molecule has 0 aliphatic heterocycles. The van der Waals surface area contributed by atoms with Crippen LogP contribution in [0.3, 0.4) is 0 Å². The number of likely N-dealkylation sites (N-methyl/N-ethyl adjacent to an activating group) is 2. The van der Waals surface area contributed by atoms with Crippen LogP contribution in [0.15, 0.2) is 0 Å². The third-order valence-corrected chi connectivity index (χ3v) is 3.19. The van der Waals surface area contributed by atoms with E-state index in [1.807, 2.05) is 7.05 Å². The molecule has 1 atom stereocenters. The van der Waals surface area contributed by atoms with Crippen LogP contribution in [0.2, 0.25) is 0 Å². The highest BCUT2D eigenvalue weighted by Crippen LogP contribution is 2.25. The lowest BCUT2D eigenvalue weighted by atomic mass is 10.1. The highest BCUT2D eigenvalue weighted by atomic mass is 16.4. The summed E-state index contributed by atoms with van der Waals surface area (Å²) < 4.78 is 0. The van der Waals surface area contributed by atoms with Crippen LogP contribution >= 0.6 is 0 Å². The number of carboxylic acids is 1. The van der Waals surface area contributed by atoms with Crippen LogP contribution in [0.4, 0.5) is 0 Å². The Morgan fingerprint density at radius 2 is 2.13 bits per heavy atom. The molecule has 1 fully saturated rings. The molecule has 1 unspecified atom stereocenters. The Balaban J connectivity index is 2.26. The molecule has 0 aromatic heterocycles. The van der Waals surface area contributed by atoms with E-state index in [-0.39, 0.29) is 0 Å². The van der Waals surface area contributed by atoms with Crippen LogP contribution < -0.4 is 5.32 Å². The van der Waals surface area contributed by atoms with Crippen LogP contribution in [0, 0.1) is 5.92 Å². The first kappa shape index (κ1) is 12.5. The molecule has 0 amide bonds. The zero-order valence-corrected chi connectivity index (χ0v) is 9.70. The first-order valence-corrected chi connectivity index (χ1v) is 5.72. The van der Waals surface area contributed by atoms with Gasteiger partial charge in [0.15, 0.2) is 0 Å². The molecule has 0 aromatic carbocycles. The van der Waals surface area contributed by atoms with Gasteiger partial charge in [-0.25, -0.2) is 0 Å². The van der Waals surface area contributed by atoms with Gasteiger partial charge in [-0.05, 0) is 32.9 Å². The number of nitrogens with one attached hydrogen (secondary N) is 1. The maximum atomic E-state index is 10.8. The molecule has 2 N–H and O–H groups in total. The molecule has 0 spiro atoms. The lowest BCUT2D eigenvalue weighted by Crippen LogP contribution is -2.44. The van der Waals surface area contributed by atoms with Crippen molar-refractivity contribution in [3.8, 4) is 0 Å². The van der Waals surface area contributed by atoms with Gasteiger partial charge < -0.3 is 15.3 Å². The van der Waals surface area contributed by atoms with Crippen molar-refractivity contribution in [1.82, 2.24) is 10.2 Å². The van der Waals surface area contributed by atoms with Crippen LogP contribution in [0.1, 0.15) is 25.7 Å². The van der Waals surface area contributed by atoms with Crippen LogP contribution in [0.5, 0.6) is 0 Å². The van der Waals surface area contributed by atoms with E-state index < -0.39 is 12.0 Å². The molecule has 0 bridgehead atoms. The normalized spacial score (nSPS) is 19.7. The van der Waals surface area contributed by atoms with E-state index in [1.165, 1.54) is 25.7 Å². The van der Waals surface area contributed by atoms with E-state index in [9.17, 15) is 4.79 Å². The summed E-state index contributed by atoms with van der Waals surface area (Å²) in [5, 5.41) is 11.7. The van der Waals surface area contributed by atoms with Crippen LogP contribution in [0.25, 0.3) is 0 Å². The number of carbonyl (C=O) groups is 1. The van der Waals surface area contributed by atoms with Gasteiger partial charge in [0.05, 0.1) is 0 Å². The summed E-state index contributed by atoms with van der Waals surface area (Å²) in [4.78, 5) is 12.9. The number of rotatable bonds is 6. The number of hydrogen-bond acceptors (Lipinski definition) is 3. The molecule has 15 heavy (non-hydrogen) atoms. The Bertz CT molecular complexity index is 203. The summed E-state index contributed by atoms with van der Waals surface area (Å²) in [5.41, 5.74) is 0. The van der Waals surface area contributed by atoms with Crippen molar-refractivity contribution in [2.24, 2.45) is 5.92 Å². The second-order valence-corrected chi connectivity index (χ2v) is 4.55. The zero-order valence-electron chi connectivity index (χ0n) is 9.70. The predicted molar refractivity (Wildman–Crippen MR) is 59.9 cm³/mol. The van der Waals surface area contributed by atoms with Gasteiger partial charge in [0.25, 0.3) is 0 Å². The van der Waals surface area contributed by atoms with Gasteiger partial charge in [-0.2, -0.15) is 0 Å². The van der Waals surface area contributed by atoms with Crippen molar-refractivity contribution >= 4 is 5.97 Å². The summed E-state index contributed by atoms with van der Waals surface area (Å²) in [6, 6.07) is -0.448. The van der Waals surface area contributed by atoms with Crippen molar-refractivity contribution < 1.29 is 9.90 Å². The summed E-state index contributed by atoms with van der Waals surface area (Å²) >= 11 is 0. The van der Waals surface area contributed by atoms with Crippen molar-refractivity contribution in [2.45, 2.75) is 31.7 Å². The molecule has 4 heteroatoms. The lowest BCUT2D eigenvalue weighted by molar-refractivity contribution is -0.139. The van der Waals surface area contributed by atoms with Gasteiger partial charge in [0.2, 0.25) is 0 Å². The molecule has 0 radical (unpaired) electrons. The molecule has 0 saturated heterocycles. The molecule has 0 aromatic rings. The largest absolute Gasteiger partial charge is 0.480 e.